The topological polar surface area (TPSA) is 52.0 Å². The quantitative estimate of drug-likeness (QED) is 0.647. The zero-order valence-corrected chi connectivity index (χ0v) is 11.5. The zero-order valence-electron chi connectivity index (χ0n) is 11.5. The fraction of sp³-hybridized carbons (Fsp3) is 1.00. The first-order valence-corrected chi connectivity index (χ1v) is 8.24. The van der Waals surface area contributed by atoms with Gasteiger partial charge in [0.25, 0.3) is 0 Å². The molecule has 0 aromatic carbocycles. The highest BCUT2D eigenvalue weighted by molar-refractivity contribution is 5.18. The molecule has 2 nitrogen and oxygen atoms in total. The van der Waals surface area contributed by atoms with E-state index in [9.17, 15) is 0 Å². The van der Waals surface area contributed by atoms with Crippen molar-refractivity contribution in [2.45, 2.75) is 69.9 Å². The molecule has 2 heteroatoms. The fourth-order valence-electron chi connectivity index (χ4n) is 6.32. The van der Waals surface area contributed by atoms with Crippen LogP contribution in [-0.4, -0.2) is 5.66 Å². The van der Waals surface area contributed by atoms with Gasteiger partial charge in [0, 0.05) is 0 Å². The molecule has 0 aromatic heterocycles. The lowest BCUT2D eigenvalue weighted by Gasteiger charge is -2.58. The second-order valence-corrected chi connectivity index (χ2v) is 7.73. The van der Waals surface area contributed by atoms with Gasteiger partial charge in [0.2, 0.25) is 0 Å². The lowest BCUT2D eigenvalue weighted by Crippen LogP contribution is -2.69. The molecule has 102 valence electrons. The SMILES string of the molecule is NC1(N)C2CCCCC2C2CCCCC1C21CC1. The van der Waals surface area contributed by atoms with E-state index >= 15 is 0 Å². The van der Waals surface area contributed by atoms with Crippen molar-refractivity contribution in [1.29, 1.82) is 0 Å². The van der Waals surface area contributed by atoms with Gasteiger partial charge in [0.15, 0.2) is 0 Å². The summed E-state index contributed by atoms with van der Waals surface area (Å²) >= 11 is 0. The third-order valence-electron chi connectivity index (χ3n) is 7.10. The summed E-state index contributed by atoms with van der Waals surface area (Å²) in [6, 6.07) is 0. The van der Waals surface area contributed by atoms with Gasteiger partial charge < -0.3 is 11.5 Å². The minimum Gasteiger partial charge on any atom is -0.313 e. The van der Waals surface area contributed by atoms with Crippen molar-refractivity contribution in [3.63, 3.8) is 0 Å². The van der Waals surface area contributed by atoms with Crippen LogP contribution in [0.2, 0.25) is 0 Å². The molecule has 4 N–H and O–H groups in total. The van der Waals surface area contributed by atoms with Crippen LogP contribution in [0, 0.1) is 29.1 Å². The largest absolute Gasteiger partial charge is 0.313 e. The molecule has 0 aromatic rings. The number of hydrogen-bond donors (Lipinski definition) is 2. The highest BCUT2D eigenvalue weighted by Gasteiger charge is 2.67. The summed E-state index contributed by atoms with van der Waals surface area (Å²) in [4.78, 5) is 0. The Bertz CT molecular complexity index is 345. The molecule has 0 aliphatic heterocycles. The van der Waals surface area contributed by atoms with E-state index in [-0.39, 0.29) is 5.66 Å². The molecular formula is C16H28N2. The fourth-order valence-corrected chi connectivity index (χ4v) is 6.32. The Morgan fingerprint density at radius 3 is 2.06 bits per heavy atom. The molecule has 18 heavy (non-hydrogen) atoms. The second-order valence-electron chi connectivity index (χ2n) is 7.73. The maximum Gasteiger partial charge on any atom is 0.0702 e. The first-order chi connectivity index (χ1) is 8.66. The third-order valence-corrected chi connectivity index (χ3v) is 7.10. The number of rotatable bonds is 0. The lowest BCUT2D eigenvalue weighted by molar-refractivity contribution is -0.0699. The van der Waals surface area contributed by atoms with Crippen LogP contribution >= 0.6 is 0 Å². The van der Waals surface area contributed by atoms with Gasteiger partial charge in [-0.2, -0.15) is 0 Å². The Labute approximate surface area is 111 Å². The van der Waals surface area contributed by atoms with E-state index in [1.54, 1.807) is 0 Å². The standard InChI is InChI=1S/C16H28N2/c17-16(18)13-7-2-1-5-11(13)12-6-3-4-8-14(16)15(12)9-10-15/h11-14H,1-10,17-18H2. The Morgan fingerprint density at radius 1 is 0.722 bits per heavy atom. The Balaban J connectivity index is 1.78. The highest BCUT2D eigenvalue weighted by atomic mass is 15.0. The average Bonchev–Trinajstić information content (AvgIpc) is 3.15. The van der Waals surface area contributed by atoms with Crippen molar-refractivity contribution in [2.75, 3.05) is 0 Å². The van der Waals surface area contributed by atoms with Crippen molar-refractivity contribution < 1.29 is 0 Å². The predicted octanol–water partition coefficient (Wildman–Crippen LogP) is 3.01. The number of nitrogens with two attached hydrogens (primary N) is 2. The maximum absolute atomic E-state index is 6.75. The van der Waals surface area contributed by atoms with E-state index in [1.807, 2.05) is 0 Å². The van der Waals surface area contributed by atoms with E-state index in [4.69, 9.17) is 11.5 Å². The number of fused-ring (bicyclic) bond motifs is 2. The molecule has 0 radical (unpaired) electrons. The summed E-state index contributed by atoms with van der Waals surface area (Å²) in [5, 5.41) is 0. The van der Waals surface area contributed by atoms with Crippen molar-refractivity contribution >= 4 is 0 Å². The van der Waals surface area contributed by atoms with Gasteiger partial charge >= 0.3 is 0 Å². The smallest absolute Gasteiger partial charge is 0.0702 e. The summed E-state index contributed by atoms with van der Waals surface area (Å²) in [6.07, 6.45) is 14.0. The second kappa shape index (κ2) is 3.73. The molecule has 4 saturated carbocycles. The van der Waals surface area contributed by atoms with Crippen LogP contribution in [-0.2, 0) is 0 Å². The van der Waals surface area contributed by atoms with Crippen molar-refractivity contribution in [1.82, 2.24) is 0 Å². The van der Waals surface area contributed by atoms with Crippen LogP contribution in [0.4, 0.5) is 0 Å². The molecule has 1 spiro atoms. The summed E-state index contributed by atoms with van der Waals surface area (Å²) in [5.74, 6) is 3.11. The average molecular weight is 248 g/mol. The van der Waals surface area contributed by atoms with E-state index in [1.165, 1.54) is 64.2 Å². The normalized spacial score (nSPS) is 48.3. The minimum absolute atomic E-state index is 0.345. The van der Waals surface area contributed by atoms with Crippen LogP contribution in [0.1, 0.15) is 64.2 Å². The minimum atomic E-state index is -0.345. The molecule has 4 unspecified atom stereocenters. The molecule has 0 amide bonds. The van der Waals surface area contributed by atoms with Crippen LogP contribution < -0.4 is 11.5 Å². The molecular weight excluding hydrogens is 220 g/mol. The lowest BCUT2D eigenvalue weighted by atomic mass is 9.51. The van der Waals surface area contributed by atoms with Gasteiger partial charge in [-0.15, -0.1) is 0 Å². The van der Waals surface area contributed by atoms with Crippen molar-refractivity contribution in [3.05, 3.63) is 0 Å². The van der Waals surface area contributed by atoms with Gasteiger partial charge in [0.05, 0.1) is 5.66 Å². The predicted molar refractivity (Wildman–Crippen MR) is 73.7 cm³/mol. The Kier molecular flexibility index (Phi) is 2.43. The van der Waals surface area contributed by atoms with Gasteiger partial charge in [-0.05, 0) is 67.6 Å². The van der Waals surface area contributed by atoms with E-state index in [2.05, 4.69) is 0 Å². The molecule has 0 heterocycles. The van der Waals surface area contributed by atoms with Gasteiger partial charge in [0.1, 0.15) is 0 Å². The Morgan fingerprint density at radius 2 is 1.33 bits per heavy atom. The van der Waals surface area contributed by atoms with Crippen molar-refractivity contribution in [2.24, 2.45) is 40.6 Å². The Hall–Kier alpha value is -0.0800. The molecule has 4 aliphatic rings. The first-order valence-electron chi connectivity index (χ1n) is 8.24. The molecule has 4 atom stereocenters. The van der Waals surface area contributed by atoms with E-state index in [0.29, 0.717) is 17.3 Å². The monoisotopic (exact) mass is 248 g/mol. The number of hydrogen-bond acceptors (Lipinski definition) is 2. The molecule has 4 aliphatic carbocycles. The molecule has 4 rings (SSSR count). The molecule has 0 saturated heterocycles. The van der Waals surface area contributed by atoms with Gasteiger partial charge in [-0.1, -0.05) is 25.7 Å². The third kappa shape index (κ3) is 1.37. The van der Waals surface area contributed by atoms with Crippen molar-refractivity contribution in [3.8, 4) is 0 Å². The summed E-state index contributed by atoms with van der Waals surface area (Å²) in [7, 11) is 0. The van der Waals surface area contributed by atoms with Gasteiger partial charge in [-0.3, -0.25) is 0 Å². The van der Waals surface area contributed by atoms with Gasteiger partial charge in [-0.25, -0.2) is 0 Å². The summed E-state index contributed by atoms with van der Waals surface area (Å²) in [5.41, 5.74) is 13.7. The highest BCUT2D eigenvalue weighted by Crippen LogP contribution is 2.70. The van der Waals surface area contributed by atoms with Crippen LogP contribution in [0.15, 0.2) is 0 Å². The van der Waals surface area contributed by atoms with E-state index < -0.39 is 0 Å². The van der Waals surface area contributed by atoms with Crippen LogP contribution in [0.5, 0.6) is 0 Å². The molecule has 2 bridgehead atoms. The van der Waals surface area contributed by atoms with E-state index in [0.717, 1.165) is 11.8 Å². The summed E-state index contributed by atoms with van der Waals surface area (Å²) < 4.78 is 0. The van der Waals surface area contributed by atoms with Crippen LogP contribution in [0.3, 0.4) is 0 Å². The molecule has 4 fully saturated rings. The zero-order chi connectivity index (χ0) is 12.4. The van der Waals surface area contributed by atoms with Crippen LogP contribution in [0.25, 0.3) is 0 Å². The first kappa shape index (κ1) is 11.7. The summed E-state index contributed by atoms with van der Waals surface area (Å²) in [6.45, 7) is 0. The maximum atomic E-state index is 6.75.